The highest BCUT2D eigenvalue weighted by atomic mass is 16.1. The summed E-state index contributed by atoms with van der Waals surface area (Å²) in [5, 5.41) is 0. The van der Waals surface area contributed by atoms with E-state index in [0.717, 1.165) is 11.1 Å². The van der Waals surface area contributed by atoms with Gasteiger partial charge in [0.25, 0.3) is 5.56 Å². The molecule has 5 heteroatoms. The molecule has 0 amide bonds. The van der Waals surface area contributed by atoms with E-state index >= 15 is 0 Å². The summed E-state index contributed by atoms with van der Waals surface area (Å²) < 4.78 is 1.68. The summed E-state index contributed by atoms with van der Waals surface area (Å²) in [5.41, 5.74) is 9.02. The summed E-state index contributed by atoms with van der Waals surface area (Å²) in [6, 6.07) is 13.3. The van der Waals surface area contributed by atoms with Crippen LogP contribution in [-0.4, -0.2) is 14.5 Å². The maximum atomic E-state index is 12.0. The zero-order chi connectivity index (χ0) is 17.8. The summed E-state index contributed by atoms with van der Waals surface area (Å²) in [5.74, 6) is 0.355. The largest absolute Gasteiger partial charge is 0.382 e. The van der Waals surface area contributed by atoms with Crippen molar-refractivity contribution in [1.29, 1.82) is 0 Å². The molecule has 0 saturated heterocycles. The second-order valence-corrected chi connectivity index (χ2v) is 6.03. The van der Waals surface area contributed by atoms with Gasteiger partial charge in [-0.2, -0.15) is 0 Å². The van der Waals surface area contributed by atoms with E-state index in [4.69, 9.17) is 5.73 Å². The lowest BCUT2D eigenvalue weighted by atomic mass is 10.1. The highest BCUT2D eigenvalue weighted by Gasteiger charge is 2.10. The van der Waals surface area contributed by atoms with Crippen molar-refractivity contribution in [3.05, 3.63) is 76.5 Å². The number of nitrogen functional groups attached to an aromatic ring is 1. The number of rotatable bonds is 4. The Kier molecular flexibility index (Phi) is 4.75. The van der Waals surface area contributed by atoms with Crippen LogP contribution in [0.15, 0.2) is 59.7 Å². The molecule has 0 aliphatic rings. The Bertz CT molecular complexity index is 959. The van der Waals surface area contributed by atoms with Gasteiger partial charge in [-0.15, -0.1) is 0 Å². The molecule has 2 heterocycles. The van der Waals surface area contributed by atoms with Crippen molar-refractivity contribution in [2.45, 2.75) is 19.9 Å². The third kappa shape index (κ3) is 3.83. The molecule has 2 aromatic heterocycles. The Labute approximate surface area is 146 Å². The molecule has 0 spiro atoms. The minimum absolute atomic E-state index is 0.0384. The molecule has 0 bridgehead atoms. The lowest BCUT2D eigenvalue weighted by Gasteiger charge is -2.12. The van der Waals surface area contributed by atoms with E-state index in [0.29, 0.717) is 17.2 Å². The van der Waals surface area contributed by atoms with Gasteiger partial charge in [0.05, 0.1) is 17.6 Å². The first-order valence-corrected chi connectivity index (χ1v) is 8.13. The van der Waals surface area contributed by atoms with Crippen LogP contribution in [-0.2, 0) is 0 Å². The fraction of sp³-hybridized carbons (Fsp3) is 0.150. The normalized spacial score (nSPS) is 11.3. The van der Waals surface area contributed by atoms with E-state index in [-0.39, 0.29) is 11.6 Å². The van der Waals surface area contributed by atoms with Crippen LogP contribution < -0.4 is 11.3 Å². The van der Waals surface area contributed by atoms with Gasteiger partial charge < -0.3 is 10.3 Å². The number of anilines is 1. The second-order valence-electron chi connectivity index (χ2n) is 6.03. The number of hydrogen-bond acceptors (Lipinski definition) is 4. The van der Waals surface area contributed by atoms with Crippen molar-refractivity contribution in [2.24, 2.45) is 0 Å². The SMILES string of the molecule is CC(C)n1cc(-c2ncc(N)nc2C=Cc2ccccc2)ccc1=O. The summed E-state index contributed by atoms with van der Waals surface area (Å²) in [4.78, 5) is 20.8. The molecular formula is C20H20N4O. The van der Waals surface area contributed by atoms with E-state index < -0.39 is 0 Å². The van der Waals surface area contributed by atoms with Gasteiger partial charge in [0.15, 0.2) is 0 Å². The van der Waals surface area contributed by atoms with Gasteiger partial charge in [-0.3, -0.25) is 9.78 Å². The molecule has 0 aliphatic heterocycles. The first kappa shape index (κ1) is 16.6. The smallest absolute Gasteiger partial charge is 0.250 e. The van der Waals surface area contributed by atoms with Crippen molar-refractivity contribution in [2.75, 3.05) is 5.73 Å². The fourth-order valence-corrected chi connectivity index (χ4v) is 2.54. The predicted molar refractivity (Wildman–Crippen MR) is 102 cm³/mol. The molecule has 126 valence electrons. The molecule has 0 fully saturated rings. The zero-order valence-electron chi connectivity index (χ0n) is 14.3. The topological polar surface area (TPSA) is 73.8 Å². The summed E-state index contributed by atoms with van der Waals surface area (Å²) >= 11 is 0. The van der Waals surface area contributed by atoms with E-state index in [2.05, 4.69) is 9.97 Å². The van der Waals surface area contributed by atoms with Crippen LogP contribution in [0.4, 0.5) is 5.82 Å². The summed E-state index contributed by atoms with van der Waals surface area (Å²) in [7, 11) is 0. The summed E-state index contributed by atoms with van der Waals surface area (Å²) in [6.45, 7) is 3.94. The minimum Gasteiger partial charge on any atom is -0.382 e. The second kappa shape index (κ2) is 7.13. The van der Waals surface area contributed by atoms with E-state index in [1.165, 1.54) is 6.20 Å². The third-order valence-corrected chi connectivity index (χ3v) is 3.82. The molecular weight excluding hydrogens is 312 g/mol. The Morgan fingerprint density at radius 1 is 1.08 bits per heavy atom. The molecule has 1 aromatic carbocycles. The predicted octanol–water partition coefficient (Wildman–Crippen LogP) is 3.64. The van der Waals surface area contributed by atoms with Crippen molar-refractivity contribution < 1.29 is 0 Å². The van der Waals surface area contributed by atoms with Gasteiger partial charge >= 0.3 is 0 Å². The molecule has 0 atom stereocenters. The molecule has 25 heavy (non-hydrogen) atoms. The first-order valence-electron chi connectivity index (χ1n) is 8.13. The van der Waals surface area contributed by atoms with Crippen LogP contribution in [0.25, 0.3) is 23.4 Å². The van der Waals surface area contributed by atoms with Crippen molar-refractivity contribution >= 4 is 18.0 Å². The lowest BCUT2D eigenvalue weighted by molar-refractivity contribution is 0.579. The van der Waals surface area contributed by atoms with Crippen LogP contribution in [0.2, 0.25) is 0 Å². The van der Waals surface area contributed by atoms with Gasteiger partial charge in [0.1, 0.15) is 5.82 Å². The van der Waals surface area contributed by atoms with E-state index in [1.807, 2.05) is 62.5 Å². The number of aromatic nitrogens is 3. The molecule has 3 aromatic rings. The quantitative estimate of drug-likeness (QED) is 0.791. The van der Waals surface area contributed by atoms with E-state index in [1.54, 1.807) is 16.7 Å². The van der Waals surface area contributed by atoms with Crippen LogP contribution in [0.5, 0.6) is 0 Å². The number of nitrogens with zero attached hydrogens (tertiary/aromatic N) is 3. The fourth-order valence-electron chi connectivity index (χ4n) is 2.54. The number of nitrogens with two attached hydrogens (primary N) is 1. The monoisotopic (exact) mass is 332 g/mol. The number of hydrogen-bond donors (Lipinski definition) is 1. The molecule has 0 radical (unpaired) electrons. The molecule has 2 N–H and O–H groups in total. The van der Waals surface area contributed by atoms with Crippen molar-refractivity contribution in [3.8, 4) is 11.3 Å². The third-order valence-electron chi connectivity index (χ3n) is 3.82. The Balaban J connectivity index is 2.07. The average molecular weight is 332 g/mol. The van der Waals surface area contributed by atoms with Crippen LogP contribution in [0.3, 0.4) is 0 Å². The first-order chi connectivity index (χ1) is 12.0. The molecule has 5 nitrogen and oxygen atoms in total. The average Bonchev–Trinajstić information content (AvgIpc) is 2.61. The van der Waals surface area contributed by atoms with Crippen LogP contribution in [0, 0.1) is 0 Å². The van der Waals surface area contributed by atoms with Gasteiger partial charge in [-0.1, -0.05) is 36.4 Å². The van der Waals surface area contributed by atoms with Gasteiger partial charge in [0, 0.05) is 23.9 Å². The Morgan fingerprint density at radius 2 is 1.84 bits per heavy atom. The highest BCUT2D eigenvalue weighted by Crippen LogP contribution is 2.22. The maximum absolute atomic E-state index is 12.0. The van der Waals surface area contributed by atoms with Gasteiger partial charge in [-0.25, -0.2) is 4.98 Å². The number of benzene rings is 1. The van der Waals surface area contributed by atoms with E-state index in [9.17, 15) is 4.79 Å². The molecule has 0 aliphatic carbocycles. The van der Waals surface area contributed by atoms with Gasteiger partial charge in [0.2, 0.25) is 0 Å². The molecule has 0 saturated carbocycles. The Morgan fingerprint density at radius 3 is 2.56 bits per heavy atom. The molecule has 0 unspecified atom stereocenters. The zero-order valence-corrected chi connectivity index (χ0v) is 14.3. The minimum atomic E-state index is -0.0384. The van der Waals surface area contributed by atoms with Crippen LogP contribution >= 0.6 is 0 Å². The summed E-state index contributed by atoms with van der Waals surface area (Å²) in [6.07, 6.45) is 7.19. The molecule has 3 rings (SSSR count). The van der Waals surface area contributed by atoms with Crippen molar-refractivity contribution in [3.63, 3.8) is 0 Å². The maximum Gasteiger partial charge on any atom is 0.250 e. The van der Waals surface area contributed by atoms with Crippen LogP contribution in [0.1, 0.15) is 31.1 Å². The van der Waals surface area contributed by atoms with Gasteiger partial charge in [-0.05, 0) is 31.6 Å². The highest BCUT2D eigenvalue weighted by molar-refractivity contribution is 5.77. The Hall–Kier alpha value is -3.21. The standard InChI is InChI=1S/C20H20N4O/c1-14(2)24-13-16(9-11-19(24)25)20-17(23-18(21)12-22-20)10-8-15-6-4-3-5-7-15/h3-14H,1-2H3,(H2,21,23). The lowest BCUT2D eigenvalue weighted by Crippen LogP contribution is -2.20. The van der Waals surface area contributed by atoms with Crippen molar-refractivity contribution in [1.82, 2.24) is 14.5 Å². The number of pyridine rings is 1.